The number of carbonyl (C=O) groups is 1. The second kappa shape index (κ2) is 11.9. The average molecular weight is 527 g/mol. The molecular formula is C24H31ClN2O7S. The van der Waals surface area contributed by atoms with E-state index < -0.39 is 15.9 Å². The van der Waals surface area contributed by atoms with Crippen LogP contribution < -0.4 is 19.5 Å². The Morgan fingerprint density at radius 2 is 1.80 bits per heavy atom. The fourth-order valence-corrected chi connectivity index (χ4v) is 5.33. The van der Waals surface area contributed by atoms with Crippen LogP contribution in [0.15, 0.2) is 35.2 Å². The maximum Gasteiger partial charge on any atom is 0.255 e. The summed E-state index contributed by atoms with van der Waals surface area (Å²) in [6.45, 7) is 5.76. The van der Waals surface area contributed by atoms with Crippen LogP contribution in [0.3, 0.4) is 0 Å². The summed E-state index contributed by atoms with van der Waals surface area (Å²) >= 11 is 6.39. The number of halogens is 1. The van der Waals surface area contributed by atoms with E-state index in [1.54, 1.807) is 6.07 Å². The second-order valence-electron chi connectivity index (χ2n) is 8.36. The van der Waals surface area contributed by atoms with Crippen molar-refractivity contribution in [2.75, 3.05) is 52.4 Å². The number of anilines is 1. The van der Waals surface area contributed by atoms with Crippen molar-refractivity contribution in [2.24, 2.45) is 5.92 Å². The van der Waals surface area contributed by atoms with Gasteiger partial charge in [0, 0.05) is 24.3 Å². The molecule has 11 heteroatoms. The van der Waals surface area contributed by atoms with Gasteiger partial charge in [-0.15, -0.1) is 0 Å². The van der Waals surface area contributed by atoms with Crippen LogP contribution in [0.5, 0.6) is 17.2 Å². The minimum atomic E-state index is -3.85. The van der Waals surface area contributed by atoms with E-state index in [9.17, 15) is 13.2 Å². The number of sulfonamides is 1. The van der Waals surface area contributed by atoms with Crippen LogP contribution >= 0.6 is 11.6 Å². The van der Waals surface area contributed by atoms with Crippen molar-refractivity contribution in [1.29, 1.82) is 0 Å². The number of methoxy groups -OCH3 is 2. The second-order valence-corrected chi connectivity index (χ2v) is 10.7. The highest BCUT2D eigenvalue weighted by atomic mass is 35.5. The minimum absolute atomic E-state index is 0.0378. The van der Waals surface area contributed by atoms with E-state index in [0.29, 0.717) is 37.2 Å². The zero-order valence-corrected chi connectivity index (χ0v) is 21.9. The number of ether oxygens (including phenoxy) is 4. The molecule has 0 unspecified atom stereocenters. The number of amides is 1. The molecular weight excluding hydrogens is 496 g/mol. The van der Waals surface area contributed by atoms with Gasteiger partial charge in [0.05, 0.1) is 39.1 Å². The van der Waals surface area contributed by atoms with E-state index in [-0.39, 0.29) is 40.0 Å². The van der Waals surface area contributed by atoms with Crippen LogP contribution in [0.4, 0.5) is 5.69 Å². The minimum Gasteiger partial charge on any atom is -0.495 e. The summed E-state index contributed by atoms with van der Waals surface area (Å²) in [7, 11) is -0.985. The topological polar surface area (TPSA) is 103 Å². The molecule has 0 aliphatic carbocycles. The molecule has 0 bridgehead atoms. The molecule has 0 spiro atoms. The van der Waals surface area contributed by atoms with Crippen molar-refractivity contribution in [3.63, 3.8) is 0 Å². The van der Waals surface area contributed by atoms with E-state index in [1.807, 2.05) is 0 Å². The Morgan fingerprint density at radius 1 is 1.11 bits per heavy atom. The maximum atomic E-state index is 13.2. The Balaban J connectivity index is 1.84. The molecule has 0 aromatic heterocycles. The summed E-state index contributed by atoms with van der Waals surface area (Å²) in [5, 5.41) is 2.96. The Labute approximate surface area is 211 Å². The van der Waals surface area contributed by atoms with Gasteiger partial charge in [0.25, 0.3) is 5.91 Å². The van der Waals surface area contributed by atoms with Crippen molar-refractivity contribution in [3.8, 4) is 17.2 Å². The highest BCUT2D eigenvalue weighted by molar-refractivity contribution is 7.89. The summed E-state index contributed by atoms with van der Waals surface area (Å²) in [5.74, 6) is 0.860. The third kappa shape index (κ3) is 6.58. The molecule has 0 saturated carbocycles. The predicted octanol–water partition coefficient (Wildman–Crippen LogP) is 4.06. The SMILES string of the molecule is COc1ccc(NC(=O)c2cc(Cl)c(OCCC(C)C)c(OC)c2)cc1S(=O)(=O)N1CCOCC1. The van der Waals surface area contributed by atoms with Gasteiger partial charge in [-0.1, -0.05) is 25.4 Å². The van der Waals surface area contributed by atoms with Crippen LogP contribution in [0.1, 0.15) is 30.6 Å². The lowest BCUT2D eigenvalue weighted by atomic mass is 10.1. The number of nitrogens with zero attached hydrogens (tertiary/aromatic N) is 1. The average Bonchev–Trinajstić information content (AvgIpc) is 2.85. The summed E-state index contributed by atoms with van der Waals surface area (Å²) in [6.07, 6.45) is 0.842. The van der Waals surface area contributed by atoms with Gasteiger partial charge in [0.1, 0.15) is 10.6 Å². The molecule has 2 aromatic carbocycles. The molecule has 1 heterocycles. The first kappa shape index (κ1) is 27.1. The van der Waals surface area contributed by atoms with Gasteiger partial charge in [-0.3, -0.25) is 4.79 Å². The molecule has 1 aliphatic heterocycles. The van der Waals surface area contributed by atoms with Crippen LogP contribution in [0, 0.1) is 5.92 Å². The number of hydrogen-bond acceptors (Lipinski definition) is 7. The highest BCUT2D eigenvalue weighted by Crippen LogP contribution is 2.37. The number of rotatable bonds is 10. The van der Waals surface area contributed by atoms with Gasteiger partial charge in [-0.2, -0.15) is 4.31 Å². The molecule has 1 amide bonds. The van der Waals surface area contributed by atoms with Gasteiger partial charge in [-0.05, 0) is 42.7 Å². The third-order valence-electron chi connectivity index (χ3n) is 5.44. The quantitative estimate of drug-likeness (QED) is 0.498. The molecule has 1 saturated heterocycles. The van der Waals surface area contributed by atoms with Crippen molar-refractivity contribution in [2.45, 2.75) is 25.2 Å². The standard InChI is InChI=1S/C24H31ClN2O7S/c1-16(2)7-10-34-23-19(25)13-17(14-21(23)32-4)24(28)26-18-5-6-20(31-3)22(15-18)35(29,30)27-8-11-33-12-9-27/h5-6,13-16H,7-12H2,1-4H3,(H,26,28). The van der Waals surface area contributed by atoms with Crippen LogP contribution in [-0.2, 0) is 14.8 Å². The lowest BCUT2D eigenvalue weighted by Crippen LogP contribution is -2.40. The van der Waals surface area contributed by atoms with Gasteiger partial charge in [0.15, 0.2) is 11.5 Å². The lowest BCUT2D eigenvalue weighted by molar-refractivity contribution is 0.0729. The molecule has 2 aromatic rings. The van der Waals surface area contributed by atoms with Gasteiger partial charge >= 0.3 is 0 Å². The molecule has 3 rings (SSSR count). The Bertz CT molecular complexity index is 1150. The number of carbonyl (C=O) groups excluding carboxylic acids is 1. The first-order valence-corrected chi connectivity index (χ1v) is 13.1. The summed E-state index contributed by atoms with van der Waals surface area (Å²) in [5.41, 5.74) is 0.520. The molecule has 0 radical (unpaired) electrons. The molecule has 0 atom stereocenters. The van der Waals surface area contributed by atoms with Crippen molar-refractivity contribution in [1.82, 2.24) is 4.31 Å². The van der Waals surface area contributed by atoms with Crippen molar-refractivity contribution in [3.05, 3.63) is 40.9 Å². The third-order valence-corrected chi connectivity index (χ3v) is 7.64. The first-order chi connectivity index (χ1) is 16.7. The van der Waals surface area contributed by atoms with Gasteiger partial charge in [0.2, 0.25) is 10.0 Å². The normalized spacial score (nSPS) is 14.6. The van der Waals surface area contributed by atoms with Crippen molar-refractivity contribution >= 4 is 33.2 Å². The molecule has 1 fully saturated rings. The first-order valence-electron chi connectivity index (χ1n) is 11.2. The molecule has 9 nitrogen and oxygen atoms in total. The van der Waals surface area contributed by atoms with E-state index in [0.717, 1.165) is 6.42 Å². The predicted molar refractivity (Wildman–Crippen MR) is 133 cm³/mol. The van der Waals surface area contributed by atoms with Gasteiger partial charge in [-0.25, -0.2) is 8.42 Å². The zero-order chi connectivity index (χ0) is 25.6. The number of morpholine rings is 1. The number of nitrogens with one attached hydrogen (secondary N) is 1. The smallest absolute Gasteiger partial charge is 0.255 e. The maximum absolute atomic E-state index is 13.2. The summed E-state index contributed by atoms with van der Waals surface area (Å²) in [6, 6.07) is 7.46. The lowest BCUT2D eigenvalue weighted by Gasteiger charge is -2.26. The Hall–Kier alpha value is -2.53. The van der Waals surface area contributed by atoms with Gasteiger partial charge < -0.3 is 24.3 Å². The van der Waals surface area contributed by atoms with E-state index in [2.05, 4.69) is 19.2 Å². The molecule has 1 N–H and O–H groups in total. The van der Waals surface area contributed by atoms with E-state index >= 15 is 0 Å². The Kier molecular flexibility index (Phi) is 9.23. The van der Waals surface area contributed by atoms with E-state index in [1.165, 1.54) is 42.8 Å². The van der Waals surface area contributed by atoms with E-state index in [4.69, 9.17) is 30.5 Å². The highest BCUT2D eigenvalue weighted by Gasteiger charge is 2.30. The fraction of sp³-hybridized carbons (Fsp3) is 0.458. The zero-order valence-electron chi connectivity index (χ0n) is 20.3. The number of hydrogen-bond donors (Lipinski definition) is 1. The molecule has 192 valence electrons. The summed E-state index contributed by atoms with van der Waals surface area (Å²) in [4.78, 5) is 13.0. The van der Waals surface area contributed by atoms with Crippen LogP contribution in [0.25, 0.3) is 0 Å². The largest absolute Gasteiger partial charge is 0.495 e. The summed E-state index contributed by atoms with van der Waals surface area (Å²) < 4.78 is 49.4. The van der Waals surface area contributed by atoms with Crippen LogP contribution in [0.2, 0.25) is 5.02 Å². The van der Waals surface area contributed by atoms with Crippen molar-refractivity contribution < 1.29 is 32.2 Å². The Morgan fingerprint density at radius 3 is 2.43 bits per heavy atom. The molecule has 1 aliphatic rings. The fourth-order valence-electron chi connectivity index (χ4n) is 3.47. The monoisotopic (exact) mass is 526 g/mol. The number of benzene rings is 2. The van der Waals surface area contributed by atoms with Crippen LogP contribution in [-0.4, -0.2) is 65.8 Å². The molecule has 35 heavy (non-hydrogen) atoms.